The first-order chi connectivity index (χ1) is 7.72. The Labute approximate surface area is 104 Å². The van der Waals surface area contributed by atoms with Gasteiger partial charge in [-0.05, 0) is 36.5 Å². The molecule has 1 aromatic rings. The van der Waals surface area contributed by atoms with Crippen LogP contribution in [0.5, 0.6) is 0 Å². The Balaban J connectivity index is 2.23. The first-order valence-electron chi connectivity index (χ1n) is 5.25. The van der Waals surface area contributed by atoms with Crippen molar-refractivity contribution in [2.75, 3.05) is 6.54 Å². The van der Waals surface area contributed by atoms with Gasteiger partial charge in [-0.2, -0.15) is 0 Å². The van der Waals surface area contributed by atoms with Gasteiger partial charge in [0.1, 0.15) is 0 Å². The minimum Gasteiger partial charge on any atom is -0.325 e. The number of hydrogen-bond acceptors (Lipinski definition) is 1. The van der Waals surface area contributed by atoms with Crippen LogP contribution < -0.4 is 0 Å². The van der Waals surface area contributed by atoms with Crippen LogP contribution in [-0.2, 0) is 4.79 Å². The Kier molecular flexibility index (Phi) is 3.31. The van der Waals surface area contributed by atoms with Crippen LogP contribution >= 0.6 is 15.9 Å². The van der Waals surface area contributed by atoms with Crippen molar-refractivity contribution in [1.29, 1.82) is 0 Å². The second kappa shape index (κ2) is 4.71. The van der Waals surface area contributed by atoms with Gasteiger partial charge < -0.3 is 4.90 Å². The van der Waals surface area contributed by atoms with Gasteiger partial charge in [0, 0.05) is 11.0 Å². The molecule has 3 heteroatoms. The quantitative estimate of drug-likeness (QED) is 0.723. The molecule has 1 amide bonds. The first kappa shape index (κ1) is 11.2. The molecule has 1 saturated heterocycles. The van der Waals surface area contributed by atoms with Crippen molar-refractivity contribution in [2.45, 2.75) is 18.9 Å². The molecule has 82 valence electrons. The van der Waals surface area contributed by atoms with Crippen LogP contribution in [0, 0.1) is 12.3 Å². The summed E-state index contributed by atoms with van der Waals surface area (Å²) in [5.41, 5.74) is 1.16. The fourth-order valence-corrected chi connectivity index (χ4v) is 2.39. The summed E-state index contributed by atoms with van der Waals surface area (Å²) < 4.78 is 1.05. The Hall–Kier alpha value is -1.27. The number of benzene rings is 1. The van der Waals surface area contributed by atoms with Gasteiger partial charge in [-0.3, -0.25) is 4.79 Å². The number of terminal acetylenes is 1. The van der Waals surface area contributed by atoms with Crippen LogP contribution in [0.4, 0.5) is 0 Å². The van der Waals surface area contributed by atoms with Crippen molar-refractivity contribution < 1.29 is 4.79 Å². The zero-order valence-corrected chi connectivity index (χ0v) is 10.4. The van der Waals surface area contributed by atoms with Gasteiger partial charge in [0.05, 0.1) is 6.04 Å². The normalized spacial score (nSPS) is 19.5. The summed E-state index contributed by atoms with van der Waals surface area (Å²) in [5.74, 6) is 1.99. The molecule has 0 aromatic heterocycles. The van der Waals surface area contributed by atoms with Crippen LogP contribution in [0.2, 0.25) is 0 Å². The molecule has 0 N–H and O–H groups in total. The summed E-state index contributed by atoms with van der Waals surface area (Å²) in [6.45, 7) is 0.768. The molecule has 16 heavy (non-hydrogen) atoms. The van der Waals surface area contributed by atoms with Crippen molar-refractivity contribution in [3.05, 3.63) is 34.3 Å². The minimum atomic E-state index is -0.203. The van der Waals surface area contributed by atoms with E-state index in [1.54, 1.807) is 4.90 Å². The Morgan fingerprint density at radius 1 is 1.44 bits per heavy atom. The highest BCUT2D eigenvalue weighted by Gasteiger charge is 2.28. The molecule has 2 nitrogen and oxygen atoms in total. The number of halogens is 1. The van der Waals surface area contributed by atoms with Gasteiger partial charge >= 0.3 is 0 Å². The number of nitrogens with zero attached hydrogens (tertiary/aromatic N) is 1. The summed E-state index contributed by atoms with van der Waals surface area (Å²) in [6.07, 6.45) is 7.18. The SMILES string of the molecule is C#CC(=O)N1CCCC1c1ccc(Br)cc1. The highest BCUT2D eigenvalue weighted by atomic mass is 79.9. The average Bonchev–Trinajstić information content (AvgIpc) is 2.78. The molecule has 1 aliphatic rings. The molecule has 1 unspecified atom stereocenters. The van der Waals surface area contributed by atoms with Crippen LogP contribution in [0.25, 0.3) is 0 Å². The Morgan fingerprint density at radius 3 is 2.75 bits per heavy atom. The number of carbonyl (C=O) groups excluding carboxylic acids is 1. The van der Waals surface area contributed by atoms with Crippen molar-refractivity contribution >= 4 is 21.8 Å². The third kappa shape index (κ3) is 2.12. The molecule has 1 atom stereocenters. The van der Waals surface area contributed by atoms with E-state index in [9.17, 15) is 4.79 Å². The smallest absolute Gasteiger partial charge is 0.298 e. The van der Waals surface area contributed by atoms with E-state index in [4.69, 9.17) is 6.42 Å². The molecule has 0 aliphatic carbocycles. The predicted molar refractivity (Wildman–Crippen MR) is 66.7 cm³/mol. The predicted octanol–water partition coefficient (Wildman–Crippen LogP) is 2.75. The van der Waals surface area contributed by atoms with Crippen molar-refractivity contribution in [3.63, 3.8) is 0 Å². The second-order valence-corrected chi connectivity index (χ2v) is 4.77. The van der Waals surface area contributed by atoms with E-state index in [2.05, 4.69) is 21.9 Å². The van der Waals surface area contributed by atoms with Crippen LogP contribution in [0.1, 0.15) is 24.4 Å². The zero-order chi connectivity index (χ0) is 11.5. The fraction of sp³-hybridized carbons (Fsp3) is 0.308. The molecule has 1 aromatic carbocycles. The molecule has 0 saturated carbocycles. The largest absolute Gasteiger partial charge is 0.325 e. The van der Waals surface area contributed by atoms with Gasteiger partial charge in [-0.1, -0.05) is 28.1 Å². The van der Waals surface area contributed by atoms with Gasteiger partial charge in [0.15, 0.2) is 0 Å². The van der Waals surface area contributed by atoms with E-state index >= 15 is 0 Å². The average molecular weight is 278 g/mol. The lowest BCUT2D eigenvalue weighted by Gasteiger charge is -2.22. The van der Waals surface area contributed by atoms with Gasteiger partial charge in [-0.25, -0.2) is 0 Å². The van der Waals surface area contributed by atoms with E-state index in [0.29, 0.717) is 0 Å². The molecule has 0 bridgehead atoms. The number of hydrogen-bond donors (Lipinski definition) is 0. The lowest BCUT2D eigenvalue weighted by molar-refractivity contribution is -0.125. The maximum Gasteiger partial charge on any atom is 0.298 e. The number of likely N-dealkylation sites (tertiary alicyclic amines) is 1. The Bertz CT molecular complexity index is 432. The lowest BCUT2D eigenvalue weighted by atomic mass is 10.0. The number of rotatable bonds is 1. The summed E-state index contributed by atoms with van der Waals surface area (Å²) >= 11 is 3.40. The van der Waals surface area contributed by atoms with E-state index in [1.807, 2.05) is 24.3 Å². The maximum absolute atomic E-state index is 11.5. The monoisotopic (exact) mass is 277 g/mol. The summed E-state index contributed by atoms with van der Waals surface area (Å²) in [5, 5.41) is 0. The lowest BCUT2D eigenvalue weighted by Crippen LogP contribution is -2.29. The standard InChI is InChI=1S/C13H12BrNO/c1-2-13(16)15-9-3-4-12(15)10-5-7-11(14)8-6-10/h1,5-8,12H,3-4,9H2. The number of amides is 1. The van der Waals surface area contributed by atoms with Crippen LogP contribution in [0.15, 0.2) is 28.7 Å². The molecule has 0 radical (unpaired) electrons. The van der Waals surface area contributed by atoms with E-state index in [-0.39, 0.29) is 11.9 Å². The molecule has 2 rings (SSSR count). The highest BCUT2D eigenvalue weighted by molar-refractivity contribution is 9.10. The molecular weight excluding hydrogens is 266 g/mol. The fourth-order valence-electron chi connectivity index (χ4n) is 2.12. The van der Waals surface area contributed by atoms with Gasteiger partial charge in [0.2, 0.25) is 0 Å². The summed E-state index contributed by atoms with van der Waals surface area (Å²) in [4.78, 5) is 13.3. The summed E-state index contributed by atoms with van der Waals surface area (Å²) in [6, 6.07) is 8.21. The van der Waals surface area contributed by atoms with E-state index < -0.39 is 0 Å². The number of carbonyl (C=O) groups is 1. The van der Waals surface area contributed by atoms with E-state index in [1.165, 1.54) is 0 Å². The molecule has 1 heterocycles. The third-order valence-corrected chi connectivity index (χ3v) is 3.42. The van der Waals surface area contributed by atoms with Crippen molar-refractivity contribution in [1.82, 2.24) is 4.90 Å². The first-order valence-corrected chi connectivity index (χ1v) is 6.04. The zero-order valence-electron chi connectivity index (χ0n) is 8.82. The molecular formula is C13H12BrNO. The maximum atomic E-state index is 11.5. The van der Waals surface area contributed by atoms with Gasteiger partial charge in [0.25, 0.3) is 5.91 Å². The van der Waals surface area contributed by atoms with E-state index in [0.717, 1.165) is 29.4 Å². The second-order valence-electron chi connectivity index (χ2n) is 3.85. The molecule has 1 fully saturated rings. The third-order valence-electron chi connectivity index (χ3n) is 2.89. The molecule has 0 spiro atoms. The van der Waals surface area contributed by atoms with Crippen LogP contribution in [-0.4, -0.2) is 17.4 Å². The minimum absolute atomic E-state index is 0.150. The topological polar surface area (TPSA) is 20.3 Å². The van der Waals surface area contributed by atoms with Crippen molar-refractivity contribution in [3.8, 4) is 12.3 Å². The highest BCUT2D eigenvalue weighted by Crippen LogP contribution is 2.32. The summed E-state index contributed by atoms with van der Waals surface area (Å²) in [7, 11) is 0. The Morgan fingerprint density at radius 2 is 2.12 bits per heavy atom. The van der Waals surface area contributed by atoms with Crippen molar-refractivity contribution in [2.24, 2.45) is 0 Å². The van der Waals surface area contributed by atoms with Gasteiger partial charge in [-0.15, -0.1) is 6.42 Å². The van der Waals surface area contributed by atoms with Crippen LogP contribution in [0.3, 0.4) is 0 Å². The molecule has 1 aliphatic heterocycles.